The molecule has 0 bridgehead atoms. The van der Waals surface area contributed by atoms with Gasteiger partial charge < -0.3 is 4.74 Å². The van der Waals surface area contributed by atoms with Crippen LogP contribution in [0.1, 0.15) is 20.8 Å². The summed E-state index contributed by atoms with van der Waals surface area (Å²) in [6, 6.07) is 16.7. The van der Waals surface area contributed by atoms with Gasteiger partial charge in [0.2, 0.25) is 9.79 Å². The molecule has 104 valence electrons. The van der Waals surface area contributed by atoms with Crippen LogP contribution in [0.4, 0.5) is 0 Å². The second-order valence-electron chi connectivity index (χ2n) is 5.95. The molecule has 1 aliphatic heterocycles. The van der Waals surface area contributed by atoms with Crippen LogP contribution in [0.3, 0.4) is 0 Å². The van der Waals surface area contributed by atoms with Crippen molar-refractivity contribution in [3.8, 4) is 11.5 Å². The highest BCUT2D eigenvalue weighted by Crippen LogP contribution is 2.45. The van der Waals surface area contributed by atoms with Crippen LogP contribution in [0, 0.1) is 0 Å². The van der Waals surface area contributed by atoms with Gasteiger partial charge in [0.1, 0.15) is 0 Å². The van der Waals surface area contributed by atoms with Crippen LogP contribution in [0.2, 0.25) is 0 Å². The highest BCUT2D eigenvalue weighted by Gasteiger charge is 2.45. The Hall–Kier alpha value is -1.45. The average Bonchev–Trinajstić information content (AvgIpc) is 2.43. The lowest BCUT2D eigenvalue weighted by Gasteiger charge is -2.32. The molecular formula is C17H20NOS+. The fourth-order valence-corrected chi connectivity index (χ4v) is 4.58. The first kappa shape index (κ1) is 13.5. The molecule has 0 N–H and O–H groups in total. The van der Waals surface area contributed by atoms with Crippen molar-refractivity contribution < 1.29 is 4.74 Å². The standard InChI is InChI=1S/C17H20NOS/c1-17(2,3)18(4)20-15-11-7-5-9-13(15)19-14-10-6-8-12-16(14)20/h5-12H,1-4H3/q+1. The molecule has 2 nitrogen and oxygen atoms in total. The first-order valence-corrected chi connectivity index (χ1v) is 8.01. The molecule has 3 rings (SSSR count). The molecule has 20 heavy (non-hydrogen) atoms. The summed E-state index contributed by atoms with van der Waals surface area (Å²) in [5, 5.41) is 0. The number of nitrogens with zero attached hydrogens (tertiary/aromatic N) is 1. The zero-order chi connectivity index (χ0) is 14.3. The molecule has 0 aliphatic carbocycles. The van der Waals surface area contributed by atoms with Crippen LogP contribution in [-0.4, -0.2) is 16.9 Å². The largest absolute Gasteiger partial charge is 0.447 e. The second-order valence-corrected chi connectivity index (χ2v) is 7.95. The van der Waals surface area contributed by atoms with Crippen molar-refractivity contribution >= 4 is 11.1 Å². The van der Waals surface area contributed by atoms with Crippen molar-refractivity contribution in [2.24, 2.45) is 0 Å². The fourth-order valence-electron chi connectivity index (χ4n) is 2.19. The molecule has 0 amide bonds. The summed E-state index contributed by atoms with van der Waals surface area (Å²) < 4.78 is 8.49. The smallest absolute Gasteiger partial charge is 0.224 e. The summed E-state index contributed by atoms with van der Waals surface area (Å²) in [6.07, 6.45) is 0. The summed E-state index contributed by atoms with van der Waals surface area (Å²) in [5.41, 5.74) is 0.0979. The highest BCUT2D eigenvalue weighted by atomic mass is 32.2. The van der Waals surface area contributed by atoms with Crippen molar-refractivity contribution in [1.82, 2.24) is 4.31 Å². The Kier molecular flexibility index (Phi) is 3.27. The van der Waals surface area contributed by atoms with E-state index in [0.717, 1.165) is 11.5 Å². The minimum atomic E-state index is -0.100. The molecule has 0 unspecified atom stereocenters. The van der Waals surface area contributed by atoms with E-state index >= 15 is 0 Å². The summed E-state index contributed by atoms with van der Waals surface area (Å²) >= 11 is -0.100. The molecule has 0 spiro atoms. The second kappa shape index (κ2) is 4.83. The Morgan fingerprint density at radius 2 is 1.30 bits per heavy atom. The molecule has 1 aliphatic rings. The Morgan fingerprint density at radius 3 is 1.75 bits per heavy atom. The molecule has 0 atom stereocenters. The van der Waals surface area contributed by atoms with Crippen molar-refractivity contribution in [3.05, 3.63) is 48.5 Å². The van der Waals surface area contributed by atoms with E-state index in [1.165, 1.54) is 9.79 Å². The minimum absolute atomic E-state index is 0.0979. The van der Waals surface area contributed by atoms with Crippen LogP contribution >= 0.6 is 0 Å². The quantitative estimate of drug-likeness (QED) is 0.717. The lowest BCUT2D eigenvalue weighted by molar-refractivity contribution is 0.309. The maximum absolute atomic E-state index is 6.05. The van der Waals surface area contributed by atoms with Crippen molar-refractivity contribution in [3.63, 3.8) is 0 Å². The zero-order valence-corrected chi connectivity index (χ0v) is 13.2. The number of fused-ring (bicyclic) bond motifs is 2. The third kappa shape index (κ3) is 2.21. The Morgan fingerprint density at radius 1 is 0.850 bits per heavy atom. The van der Waals surface area contributed by atoms with Gasteiger partial charge in [0, 0.05) is 7.05 Å². The van der Waals surface area contributed by atoms with E-state index in [1.54, 1.807) is 0 Å². The number of benzene rings is 2. The molecule has 0 aromatic heterocycles. The molecule has 2 aromatic carbocycles. The van der Waals surface area contributed by atoms with Crippen LogP contribution in [0.25, 0.3) is 0 Å². The van der Waals surface area contributed by atoms with Crippen LogP contribution in [-0.2, 0) is 11.1 Å². The number of hydrogen-bond acceptors (Lipinski definition) is 2. The summed E-state index contributed by atoms with van der Waals surface area (Å²) in [7, 11) is 2.20. The predicted molar refractivity (Wildman–Crippen MR) is 84.4 cm³/mol. The predicted octanol–water partition coefficient (Wildman–Crippen LogP) is 4.47. The number of para-hydroxylation sites is 2. The number of ether oxygens (including phenoxy) is 1. The van der Waals surface area contributed by atoms with Gasteiger partial charge in [-0.25, -0.2) is 0 Å². The molecule has 0 fully saturated rings. The first-order chi connectivity index (χ1) is 9.48. The molecule has 3 heteroatoms. The van der Waals surface area contributed by atoms with E-state index in [2.05, 4.69) is 68.5 Å². The van der Waals surface area contributed by atoms with Crippen LogP contribution in [0.15, 0.2) is 58.3 Å². The van der Waals surface area contributed by atoms with Crippen molar-refractivity contribution in [1.29, 1.82) is 0 Å². The van der Waals surface area contributed by atoms with Gasteiger partial charge in [-0.2, -0.15) is 0 Å². The Bertz CT molecular complexity index is 587. The van der Waals surface area contributed by atoms with Gasteiger partial charge >= 0.3 is 0 Å². The molecule has 0 saturated carbocycles. The lowest BCUT2D eigenvalue weighted by Crippen LogP contribution is -2.43. The van der Waals surface area contributed by atoms with E-state index < -0.39 is 0 Å². The van der Waals surface area contributed by atoms with Gasteiger partial charge in [-0.15, -0.1) is 4.31 Å². The number of hydrogen-bond donors (Lipinski definition) is 0. The molecule has 1 heterocycles. The Balaban J connectivity index is 2.17. The monoisotopic (exact) mass is 286 g/mol. The fraction of sp³-hybridized carbons (Fsp3) is 0.294. The van der Waals surface area contributed by atoms with Gasteiger partial charge in [-0.3, -0.25) is 0 Å². The first-order valence-electron chi connectivity index (χ1n) is 6.82. The van der Waals surface area contributed by atoms with Gasteiger partial charge in [0.25, 0.3) is 0 Å². The highest BCUT2D eigenvalue weighted by molar-refractivity contribution is 7.95. The van der Waals surface area contributed by atoms with Gasteiger partial charge in [0.15, 0.2) is 22.6 Å². The summed E-state index contributed by atoms with van der Waals surface area (Å²) in [5.74, 6) is 1.95. The normalized spacial score (nSPS) is 14.7. The van der Waals surface area contributed by atoms with E-state index in [1.807, 2.05) is 12.1 Å². The molecule has 2 aromatic rings. The van der Waals surface area contributed by atoms with E-state index in [0.29, 0.717) is 0 Å². The van der Waals surface area contributed by atoms with Crippen molar-refractivity contribution in [2.45, 2.75) is 36.1 Å². The maximum atomic E-state index is 6.05. The molecule has 0 radical (unpaired) electrons. The summed E-state index contributed by atoms with van der Waals surface area (Å²) in [4.78, 5) is 2.53. The van der Waals surface area contributed by atoms with Crippen molar-refractivity contribution in [2.75, 3.05) is 7.05 Å². The van der Waals surface area contributed by atoms with Crippen LogP contribution < -0.4 is 4.74 Å². The van der Waals surface area contributed by atoms with E-state index in [4.69, 9.17) is 4.74 Å². The SMILES string of the molecule is CN([S+]1c2ccccc2Oc2ccccc21)C(C)(C)C. The average molecular weight is 286 g/mol. The van der Waals surface area contributed by atoms with E-state index in [9.17, 15) is 0 Å². The minimum Gasteiger partial charge on any atom is -0.447 e. The number of rotatable bonds is 1. The van der Waals surface area contributed by atoms with Gasteiger partial charge in [-0.1, -0.05) is 24.3 Å². The maximum Gasteiger partial charge on any atom is 0.224 e. The third-order valence-electron chi connectivity index (χ3n) is 3.55. The van der Waals surface area contributed by atoms with E-state index in [-0.39, 0.29) is 16.6 Å². The lowest BCUT2D eigenvalue weighted by atomic mass is 10.1. The summed E-state index contributed by atoms with van der Waals surface area (Å²) in [6.45, 7) is 6.75. The third-order valence-corrected chi connectivity index (χ3v) is 6.16. The van der Waals surface area contributed by atoms with Gasteiger partial charge in [-0.05, 0) is 45.0 Å². The molecule has 0 saturated heterocycles. The topological polar surface area (TPSA) is 12.5 Å². The van der Waals surface area contributed by atoms with Gasteiger partial charge in [0.05, 0.1) is 5.54 Å². The zero-order valence-electron chi connectivity index (χ0n) is 12.4. The van der Waals surface area contributed by atoms with Crippen LogP contribution in [0.5, 0.6) is 11.5 Å². The molecular weight excluding hydrogens is 266 g/mol. The Labute approximate surface area is 123 Å².